The molecular weight excluding hydrogens is 445 g/mol. The Morgan fingerprint density at radius 1 is 1.12 bits per heavy atom. The topological polar surface area (TPSA) is 128 Å². The van der Waals surface area contributed by atoms with Gasteiger partial charge in [-0.1, -0.05) is 11.6 Å². The normalized spacial score (nSPS) is 10.7. The lowest BCUT2D eigenvalue weighted by molar-refractivity contribution is -0.139. The molecule has 2 heterocycles. The average Bonchev–Trinajstić information content (AvgIpc) is 3.46. The van der Waals surface area contributed by atoms with Gasteiger partial charge in [0.2, 0.25) is 5.89 Å². The first-order valence-corrected chi connectivity index (χ1v) is 9.41. The monoisotopic (exact) mass is 457 g/mol. The molecule has 4 rings (SSSR count). The summed E-state index contributed by atoms with van der Waals surface area (Å²) in [7, 11) is 0. The van der Waals surface area contributed by atoms with Crippen molar-refractivity contribution in [3.8, 4) is 28.9 Å². The van der Waals surface area contributed by atoms with Gasteiger partial charge in [-0.2, -0.15) is 0 Å². The van der Waals surface area contributed by atoms with Gasteiger partial charge in [-0.15, -0.1) is 10.2 Å². The van der Waals surface area contributed by atoms with Gasteiger partial charge in [0, 0.05) is 10.6 Å². The first-order valence-electron chi connectivity index (χ1n) is 9.03. The average molecular weight is 458 g/mol. The Hall–Kier alpha value is -4.18. The molecule has 0 saturated heterocycles. The highest BCUT2D eigenvalue weighted by atomic mass is 35.5. The molecule has 2 aromatic carbocycles. The number of furan rings is 1. The van der Waals surface area contributed by atoms with Crippen molar-refractivity contribution in [2.24, 2.45) is 0 Å². The maximum Gasteiger partial charge on any atom is 0.341 e. The number of carboxylic acids is 1. The first kappa shape index (κ1) is 21.1. The minimum Gasteiger partial charge on any atom is -0.481 e. The van der Waals surface area contributed by atoms with Crippen LogP contribution in [0.4, 0.5) is 10.1 Å². The largest absolute Gasteiger partial charge is 0.481 e. The Labute approximate surface area is 184 Å². The molecule has 0 atom stereocenters. The van der Waals surface area contributed by atoms with Crippen LogP contribution in [0.5, 0.6) is 5.75 Å². The number of hydrogen-bond donors (Lipinski definition) is 2. The van der Waals surface area contributed by atoms with Gasteiger partial charge >= 0.3 is 5.97 Å². The number of carboxylic acid groups (broad SMARTS) is 1. The molecule has 0 spiro atoms. The molecule has 32 heavy (non-hydrogen) atoms. The van der Waals surface area contributed by atoms with Crippen molar-refractivity contribution < 1.29 is 32.7 Å². The van der Waals surface area contributed by atoms with Crippen molar-refractivity contribution in [2.45, 2.75) is 0 Å². The van der Waals surface area contributed by atoms with Gasteiger partial charge < -0.3 is 24.0 Å². The first-order chi connectivity index (χ1) is 15.4. The van der Waals surface area contributed by atoms with Gasteiger partial charge in [-0.3, -0.25) is 4.79 Å². The molecule has 0 aliphatic carbocycles. The lowest BCUT2D eigenvalue weighted by Gasteiger charge is -2.12. The number of rotatable bonds is 7. The summed E-state index contributed by atoms with van der Waals surface area (Å²) in [4.78, 5) is 23.5. The second-order valence-corrected chi connectivity index (χ2v) is 6.80. The number of anilines is 1. The minimum atomic E-state index is -1.22. The van der Waals surface area contributed by atoms with Gasteiger partial charge in [0.05, 0.1) is 17.5 Å². The third-order valence-electron chi connectivity index (χ3n) is 4.16. The Balaban J connectivity index is 1.60. The molecule has 0 aliphatic heterocycles. The van der Waals surface area contributed by atoms with Crippen LogP contribution in [-0.4, -0.2) is 33.8 Å². The number of benzene rings is 2. The fourth-order valence-corrected chi connectivity index (χ4v) is 2.90. The number of carbonyl (C=O) groups excluding carboxylic acids is 1. The van der Waals surface area contributed by atoms with Crippen LogP contribution >= 0.6 is 11.6 Å². The van der Waals surface area contributed by atoms with Crippen molar-refractivity contribution in [1.82, 2.24) is 10.2 Å². The smallest absolute Gasteiger partial charge is 0.341 e. The zero-order valence-electron chi connectivity index (χ0n) is 16.0. The van der Waals surface area contributed by atoms with Crippen molar-refractivity contribution >= 4 is 29.2 Å². The van der Waals surface area contributed by atoms with Crippen molar-refractivity contribution in [2.75, 3.05) is 11.9 Å². The minimum absolute atomic E-state index is 0.0224. The molecular formula is C21H13ClFN3O6. The van der Waals surface area contributed by atoms with E-state index >= 15 is 0 Å². The van der Waals surface area contributed by atoms with Crippen LogP contribution in [0.2, 0.25) is 5.02 Å². The van der Waals surface area contributed by atoms with Crippen molar-refractivity contribution in [3.05, 3.63) is 71.2 Å². The molecule has 0 aliphatic rings. The Kier molecular flexibility index (Phi) is 5.86. The molecule has 0 unspecified atom stereocenters. The Bertz CT molecular complexity index is 1290. The van der Waals surface area contributed by atoms with Crippen LogP contribution in [0, 0.1) is 5.82 Å². The number of carbonyl (C=O) groups is 2. The summed E-state index contributed by atoms with van der Waals surface area (Å²) < 4.78 is 30.3. The predicted octanol–water partition coefficient (Wildman–Crippen LogP) is 4.50. The molecule has 2 aromatic heterocycles. The van der Waals surface area contributed by atoms with Gasteiger partial charge in [0.1, 0.15) is 11.6 Å². The summed E-state index contributed by atoms with van der Waals surface area (Å²) in [5.41, 5.74) is 0.108. The lowest BCUT2D eigenvalue weighted by atomic mass is 10.1. The number of ether oxygens (including phenoxy) is 1. The molecule has 1 amide bonds. The van der Waals surface area contributed by atoms with E-state index in [2.05, 4.69) is 15.5 Å². The number of amides is 1. The van der Waals surface area contributed by atoms with Gasteiger partial charge in [-0.25, -0.2) is 9.18 Å². The maximum absolute atomic E-state index is 14.4. The summed E-state index contributed by atoms with van der Waals surface area (Å²) in [5, 5.41) is 19.2. The third-order valence-corrected chi connectivity index (χ3v) is 4.39. The number of nitrogens with zero attached hydrogens (tertiary/aromatic N) is 2. The van der Waals surface area contributed by atoms with Gasteiger partial charge in [0.15, 0.2) is 12.4 Å². The summed E-state index contributed by atoms with van der Waals surface area (Å²) in [5.74, 6) is -2.13. The Morgan fingerprint density at radius 2 is 1.94 bits per heavy atom. The molecule has 2 N–H and O–H groups in total. The van der Waals surface area contributed by atoms with E-state index in [1.165, 1.54) is 36.6 Å². The van der Waals surface area contributed by atoms with E-state index < -0.39 is 24.3 Å². The molecule has 0 fully saturated rings. The van der Waals surface area contributed by atoms with Crippen LogP contribution < -0.4 is 10.1 Å². The van der Waals surface area contributed by atoms with E-state index in [0.717, 1.165) is 6.07 Å². The molecule has 0 bridgehead atoms. The van der Waals surface area contributed by atoms with Crippen LogP contribution in [-0.2, 0) is 4.79 Å². The molecule has 162 valence electrons. The number of halogens is 2. The van der Waals surface area contributed by atoms with Crippen LogP contribution in [0.15, 0.2) is 63.6 Å². The SMILES string of the molecule is O=C(O)COc1ccc(Cl)cc1C(=O)Nc1cc(-c2nnc(-c3ccco3)o2)ccc1F. The van der Waals surface area contributed by atoms with Crippen LogP contribution in [0.1, 0.15) is 10.4 Å². The van der Waals surface area contributed by atoms with Crippen LogP contribution in [0.3, 0.4) is 0 Å². The highest BCUT2D eigenvalue weighted by Gasteiger charge is 2.18. The number of aromatic nitrogens is 2. The van der Waals surface area contributed by atoms with Crippen LogP contribution in [0.25, 0.3) is 23.1 Å². The summed E-state index contributed by atoms with van der Waals surface area (Å²) in [6, 6.07) is 11.2. The summed E-state index contributed by atoms with van der Waals surface area (Å²) in [6.45, 7) is -0.666. The highest BCUT2D eigenvalue weighted by Crippen LogP contribution is 2.29. The standard InChI is InChI=1S/C21H13ClFN3O6/c22-12-4-6-16(31-10-18(27)28)13(9-12)19(29)24-15-8-11(3-5-14(15)23)20-25-26-21(32-20)17-2-1-7-30-17/h1-9H,10H2,(H,24,29)(H,27,28). The number of hydrogen-bond acceptors (Lipinski definition) is 7. The van der Waals surface area contributed by atoms with Gasteiger partial charge in [0.25, 0.3) is 11.8 Å². The van der Waals surface area contributed by atoms with E-state index in [1.54, 1.807) is 12.1 Å². The molecule has 4 aromatic rings. The fraction of sp³-hybridized carbons (Fsp3) is 0.0476. The number of nitrogens with one attached hydrogen (secondary N) is 1. The third kappa shape index (κ3) is 4.60. The van der Waals surface area contributed by atoms with Crippen molar-refractivity contribution in [1.29, 1.82) is 0 Å². The Morgan fingerprint density at radius 3 is 2.69 bits per heavy atom. The van der Waals surface area contributed by atoms with E-state index in [1.807, 2.05) is 0 Å². The van der Waals surface area contributed by atoms with E-state index in [4.69, 9.17) is 30.3 Å². The second kappa shape index (κ2) is 8.90. The quantitative estimate of drug-likeness (QED) is 0.415. The summed E-state index contributed by atoms with van der Waals surface area (Å²) >= 11 is 5.95. The molecule has 11 heteroatoms. The lowest BCUT2D eigenvalue weighted by Crippen LogP contribution is -2.17. The zero-order valence-corrected chi connectivity index (χ0v) is 16.8. The van der Waals surface area contributed by atoms with E-state index in [0.29, 0.717) is 11.3 Å². The second-order valence-electron chi connectivity index (χ2n) is 6.36. The molecule has 0 radical (unpaired) electrons. The molecule has 9 nitrogen and oxygen atoms in total. The van der Waals surface area contributed by atoms with E-state index in [-0.39, 0.29) is 33.8 Å². The fourth-order valence-electron chi connectivity index (χ4n) is 2.73. The maximum atomic E-state index is 14.4. The van der Waals surface area contributed by atoms with Gasteiger partial charge in [-0.05, 0) is 48.5 Å². The zero-order chi connectivity index (χ0) is 22.7. The van der Waals surface area contributed by atoms with Crippen molar-refractivity contribution in [3.63, 3.8) is 0 Å². The molecule has 0 saturated carbocycles. The van der Waals surface area contributed by atoms with E-state index in [9.17, 15) is 14.0 Å². The summed E-state index contributed by atoms with van der Waals surface area (Å²) in [6.07, 6.45) is 1.45. The predicted molar refractivity (Wildman–Crippen MR) is 110 cm³/mol. The highest BCUT2D eigenvalue weighted by molar-refractivity contribution is 6.31. The number of aliphatic carboxylic acids is 1.